The number of hydrogen-bond donors (Lipinski definition) is 0. The standard InChI is InChI=1S/C18H14O/c1-11-7-8-17-15(9-11)16-10-13-5-3-4-6-14(13)12(2)18(16)19-17/h3-10H,1-2H3. The monoisotopic (exact) mass is 246 g/mol. The summed E-state index contributed by atoms with van der Waals surface area (Å²) in [5.41, 5.74) is 4.47. The van der Waals surface area contributed by atoms with Crippen molar-refractivity contribution in [3.8, 4) is 0 Å². The van der Waals surface area contributed by atoms with E-state index in [1.54, 1.807) is 0 Å². The number of hydrogen-bond acceptors (Lipinski definition) is 1. The zero-order valence-electron chi connectivity index (χ0n) is 11.0. The second-order valence-corrected chi connectivity index (χ2v) is 5.20. The lowest BCUT2D eigenvalue weighted by Gasteiger charge is -2.02. The van der Waals surface area contributed by atoms with Crippen LogP contribution in [0.4, 0.5) is 0 Å². The summed E-state index contributed by atoms with van der Waals surface area (Å²) < 4.78 is 6.05. The quantitative estimate of drug-likeness (QED) is 0.407. The highest BCUT2D eigenvalue weighted by molar-refractivity contribution is 6.12. The SMILES string of the molecule is Cc1ccc2oc3c(C)c4ccccc4cc3c2c1. The lowest BCUT2D eigenvalue weighted by atomic mass is 10.0. The molecule has 0 unspecified atom stereocenters. The molecule has 1 nitrogen and oxygen atoms in total. The van der Waals surface area contributed by atoms with Gasteiger partial charge in [0.2, 0.25) is 0 Å². The van der Waals surface area contributed by atoms with Crippen LogP contribution in [0.15, 0.2) is 52.9 Å². The number of fused-ring (bicyclic) bond motifs is 4. The highest BCUT2D eigenvalue weighted by atomic mass is 16.3. The van der Waals surface area contributed by atoms with Crippen molar-refractivity contribution in [3.63, 3.8) is 0 Å². The second kappa shape index (κ2) is 3.61. The van der Waals surface area contributed by atoms with Crippen LogP contribution in [0.2, 0.25) is 0 Å². The molecule has 1 heteroatoms. The Morgan fingerprint density at radius 3 is 2.53 bits per heavy atom. The first-order valence-corrected chi connectivity index (χ1v) is 6.55. The van der Waals surface area contributed by atoms with Crippen molar-refractivity contribution in [2.24, 2.45) is 0 Å². The van der Waals surface area contributed by atoms with Gasteiger partial charge in [-0.05, 0) is 42.8 Å². The molecule has 0 N–H and O–H groups in total. The highest BCUT2D eigenvalue weighted by Gasteiger charge is 2.11. The van der Waals surface area contributed by atoms with Crippen molar-refractivity contribution in [1.82, 2.24) is 0 Å². The largest absolute Gasteiger partial charge is 0.456 e. The third-order valence-corrected chi connectivity index (χ3v) is 3.89. The Kier molecular flexibility index (Phi) is 2.02. The third kappa shape index (κ3) is 1.42. The number of aryl methyl sites for hydroxylation is 2. The van der Waals surface area contributed by atoms with Gasteiger partial charge in [-0.3, -0.25) is 0 Å². The van der Waals surface area contributed by atoms with Gasteiger partial charge in [-0.15, -0.1) is 0 Å². The lowest BCUT2D eigenvalue weighted by molar-refractivity contribution is 0.666. The van der Waals surface area contributed by atoms with Crippen LogP contribution in [0, 0.1) is 13.8 Å². The van der Waals surface area contributed by atoms with Crippen LogP contribution in [0.25, 0.3) is 32.7 Å². The van der Waals surface area contributed by atoms with Gasteiger partial charge in [0.05, 0.1) is 0 Å². The molecular weight excluding hydrogens is 232 g/mol. The summed E-state index contributed by atoms with van der Waals surface area (Å²) in [6.45, 7) is 4.26. The molecule has 0 fully saturated rings. The van der Waals surface area contributed by atoms with E-state index in [4.69, 9.17) is 4.42 Å². The Morgan fingerprint density at radius 2 is 1.63 bits per heavy atom. The fourth-order valence-electron chi connectivity index (χ4n) is 2.89. The Bertz CT molecular complexity index is 929. The minimum Gasteiger partial charge on any atom is -0.456 e. The Hall–Kier alpha value is -2.28. The molecular formula is C18H14O. The van der Waals surface area contributed by atoms with Gasteiger partial charge in [0.25, 0.3) is 0 Å². The van der Waals surface area contributed by atoms with E-state index in [1.807, 2.05) is 0 Å². The maximum Gasteiger partial charge on any atom is 0.138 e. The van der Waals surface area contributed by atoms with Crippen LogP contribution in [0.1, 0.15) is 11.1 Å². The summed E-state index contributed by atoms with van der Waals surface area (Å²) in [6.07, 6.45) is 0. The first-order chi connectivity index (χ1) is 9.24. The van der Waals surface area contributed by atoms with E-state index >= 15 is 0 Å². The van der Waals surface area contributed by atoms with Crippen molar-refractivity contribution >= 4 is 32.7 Å². The molecule has 0 spiro atoms. The van der Waals surface area contributed by atoms with E-state index in [0.29, 0.717) is 0 Å². The van der Waals surface area contributed by atoms with E-state index < -0.39 is 0 Å². The fraction of sp³-hybridized carbons (Fsp3) is 0.111. The van der Waals surface area contributed by atoms with E-state index in [2.05, 4.69) is 62.4 Å². The maximum atomic E-state index is 6.05. The van der Waals surface area contributed by atoms with Crippen molar-refractivity contribution < 1.29 is 4.42 Å². The molecule has 4 aromatic rings. The average molecular weight is 246 g/mol. The molecule has 1 heterocycles. The molecule has 0 amide bonds. The summed E-state index contributed by atoms with van der Waals surface area (Å²) in [4.78, 5) is 0. The molecule has 92 valence electrons. The zero-order chi connectivity index (χ0) is 13.0. The lowest BCUT2D eigenvalue weighted by Crippen LogP contribution is -1.79. The third-order valence-electron chi connectivity index (χ3n) is 3.89. The average Bonchev–Trinajstić information content (AvgIpc) is 2.78. The van der Waals surface area contributed by atoms with Crippen LogP contribution in [0.5, 0.6) is 0 Å². The van der Waals surface area contributed by atoms with Crippen LogP contribution in [-0.2, 0) is 0 Å². The molecule has 3 aromatic carbocycles. The van der Waals surface area contributed by atoms with E-state index in [1.165, 1.54) is 32.7 Å². The topological polar surface area (TPSA) is 13.1 Å². The molecule has 0 aliphatic carbocycles. The van der Waals surface area contributed by atoms with Crippen LogP contribution in [0.3, 0.4) is 0 Å². The summed E-state index contributed by atoms with van der Waals surface area (Å²) in [6, 6.07) is 17.1. The molecule has 19 heavy (non-hydrogen) atoms. The minimum absolute atomic E-state index is 0.971. The first-order valence-electron chi connectivity index (χ1n) is 6.55. The van der Waals surface area contributed by atoms with Gasteiger partial charge >= 0.3 is 0 Å². The molecule has 0 saturated carbocycles. The molecule has 1 aromatic heterocycles. The summed E-state index contributed by atoms with van der Waals surface area (Å²) in [5, 5.41) is 4.97. The van der Waals surface area contributed by atoms with Gasteiger partial charge in [0.15, 0.2) is 0 Å². The van der Waals surface area contributed by atoms with E-state index in [9.17, 15) is 0 Å². The molecule has 0 bridgehead atoms. The Balaban J connectivity index is 2.30. The minimum atomic E-state index is 0.971. The van der Waals surface area contributed by atoms with E-state index in [-0.39, 0.29) is 0 Å². The van der Waals surface area contributed by atoms with Crippen LogP contribution >= 0.6 is 0 Å². The molecule has 0 saturated heterocycles. The van der Waals surface area contributed by atoms with E-state index in [0.717, 1.165) is 11.2 Å². The smallest absolute Gasteiger partial charge is 0.138 e. The molecule has 0 aliphatic heterocycles. The summed E-state index contributed by atoms with van der Waals surface area (Å²) >= 11 is 0. The van der Waals surface area contributed by atoms with Gasteiger partial charge in [0, 0.05) is 16.3 Å². The number of rotatable bonds is 0. The predicted molar refractivity (Wildman–Crippen MR) is 80.7 cm³/mol. The predicted octanol–water partition coefficient (Wildman–Crippen LogP) is 5.36. The first kappa shape index (κ1) is 10.6. The number of furan rings is 1. The summed E-state index contributed by atoms with van der Waals surface area (Å²) in [7, 11) is 0. The van der Waals surface area contributed by atoms with Crippen molar-refractivity contribution in [2.45, 2.75) is 13.8 Å². The Morgan fingerprint density at radius 1 is 0.789 bits per heavy atom. The normalized spacial score (nSPS) is 11.7. The summed E-state index contributed by atoms with van der Waals surface area (Å²) in [5.74, 6) is 0. The van der Waals surface area contributed by atoms with Crippen molar-refractivity contribution in [3.05, 3.63) is 59.7 Å². The van der Waals surface area contributed by atoms with Gasteiger partial charge < -0.3 is 4.42 Å². The van der Waals surface area contributed by atoms with Crippen LogP contribution in [-0.4, -0.2) is 0 Å². The van der Waals surface area contributed by atoms with Crippen LogP contribution < -0.4 is 0 Å². The van der Waals surface area contributed by atoms with Gasteiger partial charge in [0.1, 0.15) is 11.2 Å². The molecule has 4 rings (SSSR count). The van der Waals surface area contributed by atoms with Gasteiger partial charge in [-0.25, -0.2) is 0 Å². The van der Waals surface area contributed by atoms with Gasteiger partial charge in [-0.2, -0.15) is 0 Å². The highest BCUT2D eigenvalue weighted by Crippen LogP contribution is 2.35. The van der Waals surface area contributed by atoms with Gasteiger partial charge in [-0.1, -0.05) is 35.9 Å². The molecule has 0 atom stereocenters. The number of benzene rings is 3. The van der Waals surface area contributed by atoms with Crippen molar-refractivity contribution in [1.29, 1.82) is 0 Å². The second-order valence-electron chi connectivity index (χ2n) is 5.20. The molecule has 0 aliphatic rings. The van der Waals surface area contributed by atoms with Crippen molar-refractivity contribution in [2.75, 3.05) is 0 Å². The maximum absolute atomic E-state index is 6.05. The Labute approximate surface area is 111 Å². The molecule has 0 radical (unpaired) electrons. The zero-order valence-corrected chi connectivity index (χ0v) is 11.0. The fourth-order valence-corrected chi connectivity index (χ4v) is 2.89.